The van der Waals surface area contributed by atoms with Crippen LogP contribution in [0.2, 0.25) is 5.02 Å². The summed E-state index contributed by atoms with van der Waals surface area (Å²) in [5.41, 5.74) is 6.88. The largest absolute Gasteiger partial charge is 0.457 e. The number of esters is 1. The summed E-state index contributed by atoms with van der Waals surface area (Å²) in [4.78, 5) is 11.7. The zero-order valence-electron chi connectivity index (χ0n) is 9.90. The van der Waals surface area contributed by atoms with E-state index in [-0.39, 0.29) is 6.61 Å². The Bertz CT molecular complexity index is 599. The molecule has 19 heavy (non-hydrogen) atoms. The van der Waals surface area contributed by atoms with Crippen molar-refractivity contribution >= 4 is 23.3 Å². The van der Waals surface area contributed by atoms with Crippen molar-refractivity contribution in [3.8, 4) is 0 Å². The Kier molecular flexibility index (Phi) is 4.02. The van der Waals surface area contributed by atoms with E-state index in [1.54, 1.807) is 24.3 Å². The Hall–Kier alpha value is -2.07. The molecule has 0 amide bonds. The second-order valence-corrected chi connectivity index (χ2v) is 4.34. The van der Waals surface area contributed by atoms with Gasteiger partial charge in [0, 0.05) is 16.3 Å². The molecule has 0 saturated carbocycles. The summed E-state index contributed by atoms with van der Waals surface area (Å²) in [5.74, 6) is -0.941. The minimum Gasteiger partial charge on any atom is -0.457 e. The van der Waals surface area contributed by atoms with Crippen LogP contribution in [-0.2, 0) is 11.3 Å². The van der Waals surface area contributed by atoms with E-state index >= 15 is 0 Å². The smallest absolute Gasteiger partial charge is 0.338 e. The fourth-order valence-electron chi connectivity index (χ4n) is 1.50. The van der Waals surface area contributed by atoms with Crippen molar-refractivity contribution in [2.75, 3.05) is 5.73 Å². The van der Waals surface area contributed by atoms with E-state index in [1.807, 2.05) is 0 Å². The van der Waals surface area contributed by atoms with E-state index in [0.717, 1.165) is 0 Å². The van der Waals surface area contributed by atoms with Crippen LogP contribution in [0.1, 0.15) is 15.9 Å². The van der Waals surface area contributed by atoms with Crippen molar-refractivity contribution in [2.24, 2.45) is 0 Å². The maximum atomic E-state index is 13.0. The molecule has 0 aliphatic heterocycles. The van der Waals surface area contributed by atoms with Crippen molar-refractivity contribution < 1.29 is 13.9 Å². The lowest BCUT2D eigenvalue weighted by molar-refractivity contribution is 0.0472. The molecule has 2 N–H and O–H groups in total. The quantitative estimate of drug-likeness (QED) is 0.692. The summed E-state index contributed by atoms with van der Waals surface area (Å²) in [6.07, 6.45) is 0. The average Bonchev–Trinajstić information content (AvgIpc) is 2.40. The molecule has 0 fully saturated rings. The highest BCUT2D eigenvalue weighted by Crippen LogP contribution is 2.18. The summed E-state index contributed by atoms with van der Waals surface area (Å²) in [7, 11) is 0. The van der Waals surface area contributed by atoms with E-state index < -0.39 is 11.8 Å². The zero-order chi connectivity index (χ0) is 13.8. The van der Waals surface area contributed by atoms with Gasteiger partial charge in [0.15, 0.2) is 0 Å². The van der Waals surface area contributed by atoms with Crippen LogP contribution in [0, 0.1) is 5.82 Å². The molecule has 2 aromatic rings. The molecular formula is C14H11ClFNO2. The number of benzene rings is 2. The molecule has 0 bridgehead atoms. The number of carbonyl (C=O) groups is 1. The average molecular weight is 280 g/mol. The van der Waals surface area contributed by atoms with Crippen LogP contribution in [-0.4, -0.2) is 5.97 Å². The van der Waals surface area contributed by atoms with Gasteiger partial charge in [0.2, 0.25) is 0 Å². The second kappa shape index (κ2) is 5.71. The molecule has 3 nitrogen and oxygen atoms in total. The van der Waals surface area contributed by atoms with Gasteiger partial charge in [0.1, 0.15) is 12.4 Å². The number of ether oxygens (including phenoxy) is 1. The highest BCUT2D eigenvalue weighted by atomic mass is 35.5. The molecule has 2 aromatic carbocycles. The molecule has 0 unspecified atom stereocenters. The summed E-state index contributed by atoms with van der Waals surface area (Å²) < 4.78 is 18.1. The highest BCUT2D eigenvalue weighted by molar-refractivity contribution is 6.31. The SMILES string of the molecule is Nc1ccc(C(=O)OCc2cc(F)ccc2Cl)cc1. The molecule has 0 heterocycles. The van der Waals surface area contributed by atoms with Gasteiger partial charge in [-0.15, -0.1) is 0 Å². The Balaban J connectivity index is 2.04. The van der Waals surface area contributed by atoms with Gasteiger partial charge in [-0.1, -0.05) is 11.6 Å². The Morgan fingerprint density at radius 2 is 1.89 bits per heavy atom. The third-order valence-corrected chi connectivity index (χ3v) is 2.88. The fourth-order valence-corrected chi connectivity index (χ4v) is 1.67. The monoisotopic (exact) mass is 279 g/mol. The third kappa shape index (κ3) is 3.45. The van der Waals surface area contributed by atoms with Gasteiger partial charge in [-0.05, 0) is 42.5 Å². The lowest BCUT2D eigenvalue weighted by Gasteiger charge is -2.07. The molecule has 0 aliphatic rings. The van der Waals surface area contributed by atoms with Crippen molar-refractivity contribution in [1.29, 1.82) is 0 Å². The highest BCUT2D eigenvalue weighted by Gasteiger charge is 2.09. The Morgan fingerprint density at radius 1 is 1.21 bits per heavy atom. The number of hydrogen-bond donors (Lipinski definition) is 1. The number of halogens is 2. The van der Waals surface area contributed by atoms with Crippen LogP contribution in [0.5, 0.6) is 0 Å². The molecule has 0 saturated heterocycles. The maximum Gasteiger partial charge on any atom is 0.338 e. The number of carbonyl (C=O) groups excluding carboxylic acids is 1. The van der Waals surface area contributed by atoms with Gasteiger partial charge in [0.05, 0.1) is 5.56 Å². The molecule has 5 heteroatoms. The zero-order valence-corrected chi connectivity index (χ0v) is 10.7. The standard InChI is InChI=1S/C14H11ClFNO2/c15-13-6-3-11(16)7-10(13)8-19-14(18)9-1-4-12(17)5-2-9/h1-7H,8,17H2. The summed E-state index contributed by atoms with van der Waals surface area (Å²) in [5, 5.41) is 0.353. The van der Waals surface area contributed by atoms with E-state index in [9.17, 15) is 9.18 Å². The summed E-state index contributed by atoms with van der Waals surface area (Å²) in [6.45, 7) is -0.0835. The lowest BCUT2D eigenvalue weighted by Crippen LogP contribution is -2.05. The van der Waals surface area contributed by atoms with Crippen LogP contribution >= 0.6 is 11.6 Å². The molecule has 0 atom stereocenters. The van der Waals surface area contributed by atoms with Crippen LogP contribution in [0.15, 0.2) is 42.5 Å². The first kappa shape index (κ1) is 13.4. The first-order valence-electron chi connectivity index (χ1n) is 5.53. The topological polar surface area (TPSA) is 52.3 Å². The first-order chi connectivity index (χ1) is 9.06. The van der Waals surface area contributed by atoms with Crippen LogP contribution in [0.25, 0.3) is 0 Å². The van der Waals surface area contributed by atoms with E-state index in [1.165, 1.54) is 18.2 Å². The molecule has 0 radical (unpaired) electrons. The predicted molar refractivity (Wildman–Crippen MR) is 71.4 cm³/mol. The molecule has 2 rings (SSSR count). The number of hydrogen-bond acceptors (Lipinski definition) is 3. The Morgan fingerprint density at radius 3 is 2.58 bits per heavy atom. The minimum atomic E-state index is -0.514. The summed E-state index contributed by atoms with van der Waals surface area (Å²) >= 11 is 5.87. The first-order valence-corrected chi connectivity index (χ1v) is 5.90. The van der Waals surface area contributed by atoms with Gasteiger partial charge in [-0.25, -0.2) is 9.18 Å². The Labute approximate surface area is 114 Å². The van der Waals surface area contributed by atoms with Gasteiger partial charge in [0.25, 0.3) is 0 Å². The maximum absolute atomic E-state index is 13.0. The second-order valence-electron chi connectivity index (χ2n) is 3.93. The molecule has 0 aromatic heterocycles. The predicted octanol–water partition coefficient (Wildman–Crippen LogP) is 3.42. The van der Waals surface area contributed by atoms with E-state index in [2.05, 4.69) is 0 Å². The minimum absolute atomic E-state index is 0.0835. The van der Waals surface area contributed by atoms with Crippen molar-refractivity contribution in [3.63, 3.8) is 0 Å². The number of anilines is 1. The molecular weight excluding hydrogens is 269 g/mol. The van der Waals surface area contributed by atoms with Crippen LogP contribution in [0.3, 0.4) is 0 Å². The van der Waals surface area contributed by atoms with Crippen LogP contribution < -0.4 is 5.73 Å². The van der Waals surface area contributed by atoms with Gasteiger partial charge in [-0.3, -0.25) is 0 Å². The molecule has 0 aliphatic carbocycles. The fraction of sp³-hybridized carbons (Fsp3) is 0.0714. The van der Waals surface area contributed by atoms with Gasteiger partial charge in [-0.2, -0.15) is 0 Å². The number of nitrogens with two attached hydrogens (primary N) is 1. The normalized spacial score (nSPS) is 10.2. The third-order valence-electron chi connectivity index (χ3n) is 2.51. The summed E-state index contributed by atoms with van der Waals surface area (Å²) in [6, 6.07) is 10.2. The van der Waals surface area contributed by atoms with Gasteiger partial charge >= 0.3 is 5.97 Å². The van der Waals surface area contributed by atoms with Crippen molar-refractivity contribution in [1.82, 2.24) is 0 Å². The van der Waals surface area contributed by atoms with Crippen molar-refractivity contribution in [2.45, 2.75) is 6.61 Å². The number of rotatable bonds is 3. The lowest BCUT2D eigenvalue weighted by atomic mass is 10.2. The van der Waals surface area contributed by atoms with Crippen LogP contribution in [0.4, 0.5) is 10.1 Å². The van der Waals surface area contributed by atoms with Gasteiger partial charge < -0.3 is 10.5 Å². The van der Waals surface area contributed by atoms with E-state index in [0.29, 0.717) is 21.8 Å². The number of nitrogen functional groups attached to an aromatic ring is 1. The molecule has 0 spiro atoms. The molecule has 98 valence electrons. The van der Waals surface area contributed by atoms with Crippen molar-refractivity contribution in [3.05, 3.63) is 64.4 Å². The van der Waals surface area contributed by atoms with E-state index in [4.69, 9.17) is 22.1 Å².